The molecule has 0 saturated carbocycles. The normalized spacial score (nSPS) is 23.3. The Morgan fingerprint density at radius 1 is 1.12 bits per heavy atom. The van der Waals surface area contributed by atoms with Crippen LogP contribution in [0.3, 0.4) is 0 Å². The summed E-state index contributed by atoms with van der Waals surface area (Å²) < 4.78 is 1.99. The van der Waals surface area contributed by atoms with E-state index in [4.69, 9.17) is 0 Å². The van der Waals surface area contributed by atoms with Crippen molar-refractivity contribution in [3.63, 3.8) is 0 Å². The van der Waals surface area contributed by atoms with Gasteiger partial charge in [0.1, 0.15) is 0 Å². The van der Waals surface area contributed by atoms with E-state index in [0.717, 1.165) is 18.8 Å². The molecule has 0 radical (unpaired) electrons. The topological polar surface area (TPSA) is 27.5 Å². The number of aromatic nitrogens is 2. The van der Waals surface area contributed by atoms with Gasteiger partial charge in [0, 0.05) is 63.6 Å². The van der Waals surface area contributed by atoms with Crippen LogP contribution >= 0.6 is 0 Å². The lowest BCUT2D eigenvalue weighted by Crippen LogP contribution is -2.60. The van der Waals surface area contributed by atoms with Crippen molar-refractivity contribution in [2.45, 2.75) is 19.5 Å². The standard InChI is InChI=1S/C19H27N5/c1-16-4-3-5-18(10-16)24-13-17(11-20-24)12-22-7-9-23-8-6-21(2)14-19(23)15-22/h3-5,10-11,13,19H,6-9,12,14-15H2,1-2H3. The maximum atomic E-state index is 4.56. The van der Waals surface area contributed by atoms with Crippen molar-refractivity contribution in [3.05, 3.63) is 47.8 Å². The van der Waals surface area contributed by atoms with Gasteiger partial charge in [-0.2, -0.15) is 5.10 Å². The molecule has 1 unspecified atom stereocenters. The van der Waals surface area contributed by atoms with E-state index in [1.54, 1.807) is 0 Å². The summed E-state index contributed by atoms with van der Waals surface area (Å²) in [6.07, 6.45) is 4.19. The number of likely N-dealkylation sites (N-methyl/N-ethyl adjacent to an activating group) is 1. The molecule has 1 aromatic heterocycles. The van der Waals surface area contributed by atoms with Crippen LogP contribution in [0.15, 0.2) is 36.7 Å². The number of piperazine rings is 2. The minimum Gasteiger partial charge on any atom is -0.303 e. The van der Waals surface area contributed by atoms with Crippen molar-refractivity contribution in [2.75, 3.05) is 46.3 Å². The molecule has 128 valence electrons. The fourth-order valence-corrected chi connectivity index (χ4v) is 3.93. The van der Waals surface area contributed by atoms with E-state index in [1.807, 2.05) is 10.9 Å². The summed E-state index contributed by atoms with van der Waals surface area (Å²) in [6, 6.07) is 9.18. The van der Waals surface area contributed by atoms with E-state index < -0.39 is 0 Å². The van der Waals surface area contributed by atoms with E-state index in [0.29, 0.717) is 6.04 Å². The van der Waals surface area contributed by atoms with Gasteiger partial charge in [-0.25, -0.2) is 4.68 Å². The minimum atomic E-state index is 0.685. The first-order chi connectivity index (χ1) is 11.7. The smallest absolute Gasteiger partial charge is 0.0648 e. The summed E-state index contributed by atoms with van der Waals surface area (Å²) in [5.74, 6) is 0. The summed E-state index contributed by atoms with van der Waals surface area (Å²) in [5, 5.41) is 4.56. The molecule has 2 aliphatic heterocycles. The third-order valence-electron chi connectivity index (χ3n) is 5.29. The molecule has 2 aromatic rings. The monoisotopic (exact) mass is 325 g/mol. The van der Waals surface area contributed by atoms with Crippen molar-refractivity contribution in [1.82, 2.24) is 24.5 Å². The summed E-state index contributed by atoms with van der Waals surface area (Å²) in [6.45, 7) is 10.3. The van der Waals surface area contributed by atoms with Crippen LogP contribution in [0.25, 0.3) is 5.69 Å². The van der Waals surface area contributed by atoms with Gasteiger partial charge in [0.2, 0.25) is 0 Å². The Bertz CT molecular complexity index is 695. The van der Waals surface area contributed by atoms with Crippen LogP contribution in [0.2, 0.25) is 0 Å². The molecule has 0 aliphatic carbocycles. The summed E-state index contributed by atoms with van der Waals surface area (Å²) in [7, 11) is 2.24. The Balaban J connectivity index is 1.41. The molecule has 0 spiro atoms. The molecule has 24 heavy (non-hydrogen) atoms. The zero-order valence-corrected chi connectivity index (χ0v) is 14.7. The molecule has 3 heterocycles. The molecule has 0 amide bonds. The van der Waals surface area contributed by atoms with Crippen molar-refractivity contribution >= 4 is 0 Å². The largest absolute Gasteiger partial charge is 0.303 e. The van der Waals surface area contributed by atoms with Crippen LogP contribution in [0.4, 0.5) is 0 Å². The van der Waals surface area contributed by atoms with Gasteiger partial charge in [-0.05, 0) is 31.7 Å². The SMILES string of the molecule is Cc1cccc(-n2cc(CN3CCN4CCN(C)CC4C3)cn2)c1. The first kappa shape index (κ1) is 15.8. The van der Waals surface area contributed by atoms with Gasteiger partial charge < -0.3 is 4.90 Å². The number of hydrogen-bond donors (Lipinski definition) is 0. The molecule has 4 rings (SSSR count). The number of aryl methyl sites for hydroxylation is 1. The Morgan fingerprint density at radius 3 is 2.88 bits per heavy atom. The second-order valence-electron chi connectivity index (χ2n) is 7.32. The van der Waals surface area contributed by atoms with Crippen molar-refractivity contribution in [3.8, 4) is 5.69 Å². The highest BCUT2D eigenvalue weighted by Crippen LogP contribution is 2.17. The molecule has 0 N–H and O–H groups in total. The summed E-state index contributed by atoms with van der Waals surface area (Å²) in [5.41, 5.74) is 3.70. The highest BCUT2D eigenvalue weighted by Gasteiger charge is 2.30. The number of nitrogens with zero attached hydrogens (tertiary/aromatic N) is 5. The zero-order chi connectivity index (χ0) is 16.5. The Hall–Kier alpha value is -1.69. The number of benzene rings is 1. The molecular formula is C19H27N5. The molecule has 5 nitrogen and oxygen atoms in total. The Morgan fingerprint density at radius 2 is 2.00 bits per heavy atom. The molecule has 5 heteroatoms. The number of fused-ring (bicyclic) bond motifs is 1. The predicted molar refractivity (Wildman–Crippen MR) is 96.4 cm³/mol. The maximum Gasteiger partial charge on any atom is 0.0648 e. The van der Waals surface area contributed by atoms with E-state index in [1.165, 1.54) is 43.9 Å². The lowest BCUT2D eigenvalue weighted by atomic mass is 10.1. The second kappa shape index (κ2) is 6.67. The van der Waals surface area contributed by atoms with Crippen molar-refractivity contribution < 1.29 is 0 Å². The van der Waals surface area contributed by atoms with E-state index in [2.05, 4.69) is 64.2 Å². The molecule has 1 aromatic carbocycles. The van der Waals surface area contributed by atoms with E-state index in [9.17, 15) is 0 Å². The molecule has 2 saturated heterocycles. The first-order valence-electron chi connectivity index (χ1n) is 8.93. The van der Waals surface area contributed by atoms with Crippen LogP contribution in [-0.4, -0.2) is 76.8 Å². The average Bonchev–Trinajstić information content (AvgIpc) is 3.03. The summed E-state index contributed by atoms with van der Waals surface area (Å²) >= 11 is 0. The van der Waals surface area contributed by atoms with Gasteiger partial charge in [-0.3, -0.25) is 9.80 Å². The molecule has 1 atom stereocenters. The Kier molecular flexibility index (Phi) is 4.39. The highest BCUT2D eigenvalue weighted by atomic mass is 15.3. The maximum absolute atomic E-state index is 4.56. The fraction of sp³-hybridized carbons (Fsp3) is 0.526. The molecule has 0 bridgehead atoms. The van der Waals surface area contributed by atoms with Gasteiger partial charge in [0.05, 0.1) is 11.9 Å². The summed E-state index contributed by atoms with van der Waals surface area (Å²) in [4.78, 5) is 7.70. The second-order valence-corrected chi connectivity index (χ2v) is 7.32. The molecule has 2 aliphatic rings. The minimum absolute atomic E-state index is 0.685. The number of rotatable bonds is 3. The average molecular weight is 325 g/mol. The molecular weight excluding hydrogens is 298 g/mol. The van der Waals surface area contributed by atoms with Crippen LogP contribution in [-0.2, 0) is 6.54 Å². The van der Waals surface area contributed by atoms with Crippen LogP contribution < -0.4 is 0 Å². The lowest BCUT2D eigenvalue weighted by molar-refractivity contribution is 0.0175. The lowest BCUT2D eigenvalue weighted by Gasteiger charge is -2.46. The van der Waals surface area contributed by atoms with E-state index in [-0.39, 0.29) is 0 Å². The van der Waals surface area contributed by atoms with Gasteiger partial charge in [0.25, 0.3) is 0 Å². The Labute approximate surface area is 144 Å². The van der Waals surface area contributed by atoms with Crippen LogP contribution in [0.5, 0.6) is 0 Å². The van der Waals surface area contributed by atoms with Gasteiger partial charge in [-0.15, -0.1) is 0 Å². The highest BCUT2D eigenvalue weighted by molar-refractivity contribution is 5.35. The van der Waals surface area contributed by atoms with Crippen molar-refractivity contribution in [2.24, 2.45) is 0 Å². The quantitative estimate of drug-likeness (QED) is 0.857. The van der Waals surface area contributed by atoms with Gasteiger partial charge >= 0.3 is 0 Å². The molecule has 2 fully saturated rings. The van der Waals surface area contributed by atoms with Crippen molar-refractivity contribution in [1.29, 1.82) is 0 Å². The fourth-order valence-electron chi connectivity index (χ4n) is 3.93. The van der Waals surface area contributed by atoms with Crippen LogP contribution in [0.1, 0.15) is 11.1 Å². The number of hydrogen-bond acceptors (Lipinski definition) is 4. The van der Waals surface area contributed by atoms with Gasteiger partial charge in [-0.1, -0.05) is 12.1 Å². The van der Waals surface area contributed by atoms with E-state index >= 15 is 0 Å². The predicted octanol–water partition coefficient (Wildman–Crippen LogP) is 1.61. The van der Waals surface area contributed by atoms with Gasteiger partial charge in [0.15, 0.2) is 0 Å². The third-order valence-corrected chi connectivity index (χ3v) is 5.29. The van der Waals surface area contributed by atoms with Crippen LogP contribution in [0, 0.1) is 6.92 Å². The third kappa shape index (κ3) is 3.38. The zero-order valence-electron chi connectivity index (χ0n) is 14.7. The first-order valence-corrected chi connectivity index (χ1v) is 8.93.